The van der Waals surface area contributed by atoms with Gasteiger partial charge >= 0.3 is 0 Å². The van der Waals surface area contributed by atoms with Gasteiger partial charge in [0.15, 0.2) is 5.82 Å². The highest BCUT2D eigenvalue weighted by molar-refractivity contribution is 5.78. The van der Waals surface area contributed by atoms with Crippen molar-refractivity contribution >= 4 is 22.8 Å². The highest BCUT2D eigenvalue weighted by Gasteiger charge is 2.28. The average molecular weight is 558 g/mol. The first-order chi connectivity index (χ1) is 19.1. The second-order valence-corrected chi connectivity index (χ2v) is 11.9. The smallest absolute Gasteiger partial charge is 0.296 e. The molecule has 0 radical (unpaired) electrons. The summed E-state index contributed by atoms with van der Waals surface area (Å²) in [4.78, 5) is 18.2. The standard InChI is InChI=1S/C29H41F2N7O2/c1-19-17-40-14-13-37(19)24-15-25(38-23-8-6-5-7-22(23)33-27(38)26(30)31)35-28(34-24)32-16-20-9-11-21(12-10-20)36(4)18-29(2,3)39/h5-8,15,19-21,26,39H,9-14,16-18H2,1-4H3,(H,32,34,35)/t19-,20?,21?/m1/s1. The number of imidazole rings is 1. The minimum Gasteiger partial charge on any atom is -0.389 e. The number of hydrogen-bond acceptors (Lipinski definition) is 8. The van der Waals surface area contributed by atoms with E-state index < -0.39 is 12.0 Å². The average Bonchev–Trinajstić information content (AvgIpc) is 3.32. The molecular formula is C29H41F2N7O2. The molecular weight excluding hydrogens is 516 g/mol. The molecule has 1 saturated heterocycles. The number of benzene rings is 1. The Labute approximate surface area is 234 Å². The van der Waals surface area contributed by atoms with Gasteiger partial charge in [-0.3, -0.25) is 4.57 Å². The lowest BCUT2D eigenvalue weighted by atomic mass is 9.85. The summed E-state index contributed by atoms with van der Waals surface area (Å²) in [6, 6.07) is 9.45. The number of alkyl halides is 2. The van der Waals surface area contributed by atoms with Crippen LogP contribution < -0.4 is 10.2 Å². The van der Waals surface area contributed by atoms with E-state index in [-0.39, 0.29) is 11.9 Å². The van der Waals surface area contributed by atoms with Crippen molar-refractivity contribution in [1.82, 2.24) is 24.4 Å². The lowest BCUT2D eigenvalue weighted by Gasteiger charge is -2.37. The fraction of sp³-hybridized carbons (Fsp3) is 0.621. The number of ether oxygens (including phenoxy) is 1. The maximum absolute atomic E-state index is 14.2. The van der Waals surface area contributed by atoms with Crippen molar-refractivity contribution in [2.45, 2.75) is 70.6 Å². The van der Waals surface area contributed by atoms with Gasteiger partial charge in [0.05, 0.1) is 35.9 Å². The van der Waals surface area contributed by atoms with Crippen LogP contribution in [0.1, 0.15) is 58.7 Å². The molecule has 1 atom stereocenters. The zero-order chi connectivity index (χ0) is 28.4. The maximum atomic E-state index is 14.2. The van der Waals surface area contributed by atoms with E-state index in [2.05, 4.69) is 34.1 Å². The summed E-state index contributed by atoms with van der Waals surface area (Å²) in [6.45, 7) is 8.91. The molecule has 0 amide bonds. The van der Waals surface area contributed by atoms with Crippen LogP contribution >= 0.6 is 0 Å². The normalized spacial score (nSPS) is 22.4. The van der Waals surface area contributed by atoms with Gasteiger partial charge in [-0.15, -0.1) is 0 Å². The van der Waals surface area contributed by atoms with Crippen LogP contribution in [0.3, 0.4) is 0 Å². The molecule has 2 fully saturated rings. The largest absolute Gasteiger partial charge is 0.389 e. The Morgan fingerprint density at radius 1 is 1.12 bits per heavy atom. The molecule has 1 aliphatic heterocycles. The van der Waals surface area contributed by atoms with Crippen LogP contribution in [0.25, 0.3) is 16.9 Å². The number of aliphatic hydroxyl groups is 1. The number of anilines is 2. The topological polar surface area (TPSA) is 91.6 Å². The van der Waals surface area contributed by atoms with Gasteiger partial charge in [-0.2, -0.15) is 9.97 Å². The molecule has 0 bridgehead atoms. The number of aromatic nitrogens is 4. The SMILES string of the molecule is C[C@@H]1COCCN1c1cc(-n2c(C(F)F)nc3ccccc32)nc(NCC2CCC(N(C)CC(C)(C)O)CC2)n1. The minimum atomic E-state index is -2.76. The number of rotatable bonds is 9. The summed E-state index contributed by atoms with van der Waals surface area (Å²) in [7, 11) is 2.09. The maximum Gasteiger partial charge on any atom is 0.296 e. The number of morpholine rings is 1. The van der Waals surface area contributed by atoms with Crippen molar-refractivity contribution in [2.75, 3.05) is 50.1 Å². The molecule has 3 aromatic rings. The Balaban J connectivity index is 1.39. The van der Waals surface area contributed by atoms with Crippen molar-refractivity contribution in [3.05, 3.63) is 36.2 Å². The number of likely N-dealkylation sites (N-methyl/N-ethyl adjacent to an activating group) is 1. The van der Waals surface area contributed by atoms with E-state index in [1.54, 1.807) is 24.3 Å². The molecule has 3 heterocycles. The number of halogens is 2. The van der Waals surface area contributed by atoms with E-state index in [4.69, 9.17) is 14.7 Å². The van der Waals surface area contributed by atoms with Gasteiger partial charge in [0.25, 0.3) is 6.43 Å². The molecule has 11 heteroatoms. The Morgan fingerprint density at radius 2 is 1.85 bits per heavy atom. The summed E-state index contributed by atoms with van der Waals surface area (Å²) in [5, 5.41) is 13.6. The van der Waals surface area contributed by atoms with E-state index in [9.17, 15) is 13.9 Å². The van der Waals surface area contributed by atoms with Crippen LogP contribution in [0.15, 0.2) is 30.3 Å². The van der Waals surface area contributed by atoms with Gasteiger partial charge in [0.2, 0.25) is 5.95 Å². The Kier molecular flexibility index (Phi) is 8.53. The van der Waals surface area contributed by atoms with Gasteiger partial charge in [-0.25, -0.2) is 13.8 Å². The fourth-order valence-corrected chi connectivity index (χ4v) is 6.03. The Bertz CT molecular complexity index is 1290. The summed E-state index contributed by atoms with van der Waals surface area (Å²) in [6.07, 6.45) is 1.49. The van der Waals surface area contributed by atoms with E-state index in [0.29, 0.717) is 73.4 Å². The van der Waals surface area contributed by atoms with Crippen molar-refractivity contribution < 1.29 is 18.6 Å². The summed E-state index contributed by atoms with van der Waals surface area (Å²) in [5.74, 6) is 1.59. The quantitative estimate of drug-likeness (QED) is 0.393. The first kappa shape index (κ1) is 28.6. The zero-order valence-corrected chi connectivity index (χ0v) is 23.9. The van der Waals surface area contributed by atoms with Crippen LogP contribution in [-0.4, -0.2) is 87.1 Å². The molecule has 1 aromatic carbocycles. The molecule has 1 saturated carbocycles. The Morgan fingerprint density at radius 3 is 2.55 bits per heavy atom. The molecule has 1 aliphatic carbocycles. The van der Waals surface area contributed by atoms with Gasteiger partial charge in [0, 0.05) is 31.7 Å². The number of nitrogens with one attached hydrogen (secondary N) is 1. The number of fused-ring (bicyclic) bond motifs is 1. The molecule has 218 valence electrons. The summed E-state index contributed by atoms with van der Waals surface area (Å²) < 4.78 is 35.4. The van der Waals surface area contributed by atoms with Crippen LogP contribution in [0.5, 0.6) is 0 Å². The molecule has 2 aromatic heterocycles. The van der Waals surface area contributed by atoms with Crippen LogP contribution in [-0.2, 0) is 4.74 Å². The van der Waals surface area contributed by atoms with Gasteiger partial charge in [-0.1, -0.05) is 12.1 Å². The zero-order valence-electron chi connectivity index (χ0n) is 23.9. The number of hydrogen-bond donors (Lipinski definition) is 2. The lowest BCUT2D eigenvalue weighted by molar-refractivity contribution is 0.0228. The third-order valence-corrected chi connectivity index (χ3v) is 8.00. The number of para-hydroxylation sites is 2. The first-order valence-corrected chi connectivity index (χ1v) is 14.2. The van der Waals surface area contributed by atoms with Crippen molar-refractivity contribution in [2.24, 2.45) is 5.92 Å². The predicted octanol–water partition coefficient (Wildman–Crippen LogP) is 4.65. The summed E-state index contributed by atoms with van der Waals surface area (Å²) >= 11 is 0. The second kappa shape index (κ2) is 11.9. The third kappa shape index (κ3) is 6.53. The van der Waals surface area contributed by atoms with Crippen molar-refractivity contribution in [1.29, 1.82) is 0 Å². The fourth-order valence-electron chi connectivity index (χ4n) is 6.03. The molecule has 0 spiro atoms. The molecule has 9 nitrogen and oxygen atoms in total. The van der Waals surface area contributed by atoms with Crippen LogP contribution in [0.2, 0.25) is 0 Å². The van der Waals surface area contributed by atoms with Gasteiger partial charge < -0.3 is 25.0 Å². The Hall–Kier alpha value is -2.89. The third-order valence-electron chi connectivity index (χ3n) is 8.00. The molecule has 2 N–H and O–H groups in total. The first-order valence-electron chi connectivity index (χ1n) is 14.2. The predicted molar refractivity (Wildman–Crippen MR) is 152 cm³/mol. The van der Waals surface area contributed by atoms with Gasteiger partial charge in [-0.05, 0) is 71.6 Å². The van der Waals surface area contributed by atoms with Gasteiger partial charge in [0.1, 0.15) is 11.6 Å². The van der Waals surface area contributed by atoms with E-state index in [1.165, 1.54) is 4.57 Å². The molecule has 5 rings (SSSR count). The van der Waals surface area contributed by atoms with Crippen molar-refractivity contribution in [3.63, 3.8) is 0 Å². The van der Waals surface area contributed by atoms with Crippen molar-refractivity contribution in [3.8, 4) is 5.82 Å². The lowest BCUT2D eigenvalue weighted by Crippen LogP contribution is -2.44. The highest BCUT2D eigenvalue weighted by atomic mass is 19.3. The number of nitrogens with zero attached hydrogens (tertiary/aromatic N) is 6. The van der Waals surface area contributed by atoms with E-state index >= 15 is 0 Å². The minimum absolute atomic E-state index is 0.0922. The molecule has 0 unspecified atom stereocenters. The van der Waals surface area contributed by atoms with E-state index in [1.807, 2.05) is 19.9 Å². The molecule has 40 heavy (non-hydrogen) atoms. The summed E-state index contributed by atoms with van der Waals surface area (Å²) in [5.41, 5.74) is 0.367. The van der Waals surface area contributed by atoms with Crippen LogP contribution in [0.4, 0.5) is 20.5 Å². The highest BCUT2D eigenvalue weighted by Crippen LogP contribution is 2.31. The monoisotopic (exact) mass is 557 g/mol. The molecule has 2 aliphatic rings. The second-order valence-electron chi connectivity index (χ2n) is 11.9. The van der Waals surface area contributed by atoms with E-state index in [0.717, 1.165) is 25.7 Å². The van der Waals surface area contributed by atoms with Crippen LogP contribution in [0, 0.1) is 5.92 Å².